The molecule has 0 unspecified atom stereocenters. The quantitative estimate of drug-likeness (QED) is 0.715. The van der Waals surface area contributed by atoms with Crippen molar-refractivity contribution in [2.45, 2.75) is 31.8 Å². The molecule has 23 heavy (non-hydrogen) atoms. The van der Waals surface area contributed by atoms with Crippen molar-refractivity contribution >= 4 is 5.97 Å². The van der Waals surface area contributed by atoms with E-state index in [1.807, 2.05) is 30.3 Å². The van der Waals surface area contributed by atoms with E-state index in [-0.39, 0.29) is 0 Å². The molecule has 1 aliphatic rings. The highest BCUT2D eigenvalue weighted by Crippen LogP contribution is 2.34. The van der Waals surface area contributed by atoms with Crippen LogP contribution in [-0.2, 0) is 16.0 Å². The number of piperidine rings is 1. The largest absolute Gasteiger partial charge is 0.481 e. The van der Waals surface area contributed by atoms with Gasteiger partial charge in [-0.25, -0.2) is 0 Å². The van der Waals surface area contributed by atoms with Crippen LogP contribution >= 0.6 is 0 Å². The lowest BCUT2D eigenvalue weighted by Gasteiger charge is -2.43. The Morgan fingerprint density at radius 2 is 2.09 bits per heavy atom. The number of methoxy groups -OCH3 is 1. The van der Waals surface area contributed by atoms with Crippen LogP contribution in [0.5, 0.6) is 0 Å². The summed E-state index contributed by atoms with van der Waals surface area (Å²) in [4.78, 5) is 14.2. The Hall–Kier alpha value is -1.43. The monoisotopic (exact) mass is 321 g/mol. The summed E-state index contributed by atoms with van der Waals surface area (Å²) in [7, 11) is 1.69. The van der Waals surface area contributed by atoms with E-state index >= 15 is 0 Å². The zero-order chi connectivity index (χ0) is 16.7. The maximum Gasteiger partial charge on any atom is 0.313 e. The molecule has 1 aromatic rings. The summed E-state index contributed by atoms with van der Waals surface area (Å²) in [5.41, 5.74) is -0.170. The maximum atomic E-state index is 12.0. The minimum absolute atomic E-state index is 0.360. The van der Waals surface area contributed by atoms with Gasteiger partial charge in [0.05, 0.1) is 6.10 Å². The molecule has 2 N–H and O–H groups in total. The van der Waals surface area contributed by atoms with Crippen LogP contribution in [0, 0.1) is 5.41 Å². The number of likely N-dealkylation sites (tertiary alicyclic amines) is 1. The summed E-state index contributed by atoms with van der Waals surface area (Å²) in [6, 6.07) is 9.57. The molecular weight excluding hydrogens is 294 g/mol. The summed E-state index contributed by atoms with van der Waals surface area (Å²) < 4.78 is 5.05. The lowest BCUT2D eigenvalue weighted by Crippen LogP contribution is -2.57. The number of benzene rings is 1. The summed E-state index contributed by atoms with van der Waals surface area (Å²) in [6.07, 6.45) is 2.00. The molecule has 0 aliphatic carbocycles. The van der Waals surface area contributed by atoms with E-state index in [0.717, 1.165) is 38.1 Å². The Labute approximate surface area is 137 Å². The highest BCUT2D eigenvalue weighted by atomic mass is 16.5. The lowest BCUT2D eigenvalue weighted by molar-refractivity contribution is -0.163. The maximum absolute atomic E-state index is 12.0. The van der Waals surface area contributed by atoms with Crippen LogP contribution in [0.4, 0.5) is 0 Å². The van der Waals surface area contributed by atoms with Crippen molar-refractivity contribution < 1.29 is 19.7 Å². The normalized spacial score (nSPS) is 25.4. The first-order valence-electron chi connectivity index (χ1n) is 8.25. The number of hydrogen-bond acceptors (Lipinski definition) is 4. The molecule has 2 rings (SSSR count). The number of carbonyl (C=O) groups is 1. The summed E-state index contributed by atoms with van der Waals surface area (Å²) >= 11 is 0. The predicted octanol–water partition coefficient (Wildman–Crippen LogP) is 1.79. The van der Waals surface area contributed by atoms with Gasteiger partial charge in [-0.1, -0.05) is 30.3 Å². The topological polar surface area (TPSA) is 70.0 Å². The van der Waals surface area contributed by atoms with E-state index in [1.165, 1.54) is 0 Å². The van der Waals surface area contributed by atoms with Crippen molar-refractivity contribution in [1.82, 2.24) is 4.90 Å². The fraction of sp³-hybridized carbons (Fsp3) is 0.611. The summed E-state index contributed by atoms with van der Waals surface area (Å²) in [6.45, 7) is 2.72. The van der Waals surface area contributed by atoms with Gasteiger partial charge in [0, 0.05) is 26.8 Å². The van der Waals surface area contributed by atoms with Gasteiger partial charge in [0.2, 0.25) is 0 Å². The number of aliphatic carboxylic acids is 1. The number of carboxylic acids is 1. The number of ether oxygens (including phenoxy) is 1. The second-order valence-electron chi connectivity index (χ2n) is 6.40. The van der Waals surface area contributed by atoms with E-state index in [2.05, 4.69) is 4.90 Å². The molecule has 0 radical (unpaired) electrons. The van der Waals surface area contributed by atoms with E-state index < -0.39 is 17.5 Å². The minimum atomic E-state index is -1.12. The van der Waals surface area contributed by atoms with Crippen LogP contribution in [0.25, 0.3) is 0 Å². The van der Waals surface area contributed by atoms with Crippen molar-refractivity contribution in [3.05, 3.63) is 35.9 Å². The third-order valence-corrected chi connectivity index (χ3v) is 4.72. The van der Waals surface area contributed by atoms with Crippen LogP contribution in [0.3, 0.4) is 0 Å². The smallest absolute Gasteiger partial charge is 0.313 e. The third kappa shape index (κ3) is 4.53. The van der Waals surface area contributed by atoms with Crippen molar-refractivity contribution in [2.24, 2.45) is 5.41 Å². The molecule has 0 aromatic heterocycles. The average molecular weight is 321 g/mol. The van der Waals surface area contributed by atoms with E-state index in [0.29, 0.717) is 19.4 Å². The number of aliphatic hydroxyl groups is 1. The second kappa shape index (κ2) is 8.43. The minimum Gasteiger partial charge on any atom is -0.481 e. The van der Waals surface area contributed by atoms with Crippen LogP contribution in [-0.4, -0.2) is 60.5 Å². The number of aliphatic hydroxyl groups excluding tert-OH is 1. The lowest BCUT2D eigenvalue weighted by atomic mass is 9.73. The third-order valence-electron chi connectivity index (χ3n) is 4.72. The first kappa shape index (κ1) is 17.9. The molecular formula is C18H27NO4. The van der Waals surface area contributed by atoms with Gasteiger partial charge in [-0.05, 0) is 37.8 Å². The molecule has 1 fully saturated rings. The number of unbranched alkanes of at least 4 members (excludes halogenated alkanes) is 1. The molecule has 0 bridgehead atoms. The number of rotatable bonds is 8. The van der Waals surface area contributed by atoms with Gasteiger partial charge in [0.25, 0.3) is 0 Å². The molecule has 1 aliphatic heterocycles. The molecule has 1 saturated heterocycles. The van der Waals surface area contributed by atoms with Gasteiger partial charge < -0.3 is 19.8 Å². The standard InChI is InChI=1S/C18H27NO4/c1-23-12-6-5-10-19-11-9-16(20)18(14-19,17(21)22)13-15-7-3-2-4-8-15/h2-4,7-8,16,20H,5-6,9-14H2,1H3,(H,21,22)/t16-,18+/m0/s1. The highest BCUT2D eigenvalue weighted by molar-refractivity contribution is 5.76. The van der Waals surface area contributed by atoms with E-state index in [1.54, 1.807) is 7.11 Å². The van der Waals surface area contributed by atoms with Gasteiger partial charge in [-0.3, -0.25) is 4.79 Å². The predicted molar refractivity (Wildman–Crippen MR) is 88.4 cm³/mol. The van der Waals surface area contributed by atoms with Gasteiger partial charge in [-0.15, -0.1) is 0 Å². The van der Waals surface area contributed by atoms with Crippen molar-refractivity contribution in [3.63, 3.8) is 0 Å². The molecule has 5 nitrogen and oxygen atoms in total. The average Bonchev–Trinajstić information content (AvgIpc) is 2.55. The SMILES string of the molecule is COCCCCN1CC[C@H](O)[C@](Cc2ccccc2)(C(=O)O)C1. The van der Waals surface area contributed by atoms with Gasteiger partial charge in [-0.2, -0.15) is 0 Å². The first-order valence-corrected chi connectivity index (χ1v) is 8.25. The molecule has 128 valence electrons. The van der Waals surface area contributed by atoms with Crippen LogP contribution in [0.2, 0.25) is 0 Å². The fourth-order valence-electron chi connectivity index (χ4n) is 3.36. The Morgan fingerprint density at radius 3 is 2.74 bits per heavy atom. The van der Waals surface area contributed by atoms with E-state index in [4.69, 9.17) is 4.74 Å². The molecule has 1 aromatic carbocycles. The van der Waals surface area contributed by atoms with E-state index in [9.17, 15) is 15.0 Å². The Bertz CT molecular complexity index is 493. The van der Waals surface area contributed by atoms with Crippen molar-refractivity contribution in [2.75, 3.05) is 33.4 Å². The molecule has 2 atom stereocenters. The van der Waals surface area contributed by atoms with Gasteiger partial charge in [0.1, 0.15) is 5.41 Å². The number of hydrogen-bond donors (Lipinski definition) is 2. The number of carboxylic acid groups (broad SMARTS) is 1. The Balaban J connectivity index is 2.07. The molecule has 5 heteroatoms. The highest BCUT2D eigenvalue weighted by Gasteiger charge is 2.48. The first-order chi connectivity index (χ1) is 11.1. The summed E-state index contributed by atoms with van der Waals surface area (Å²) in [5.74, 6) is -0.907. The van der Waals surface area contributed by atoms with Crippen LogP contribution in [0.15, 0.2) is 30.3 Å². The molecule has 0 spiro atoms. The molecule has 1 heterocycles. The molecule has 0 amide bonds. The van der Waals surface area contributed by atoms with Gasteiger partial charge >= 0.3 is 5.97 Å². The second-order valence-corrected chi connectivity index (χ2v) is 6.40. The molecule has 0 saturated carbocycles. The van der Waals surface area contributed by atoms with Crippen molar-refractivity contribution in [1.29, 1.82) is 0 Å². The zero-order valence-corrected chi connectivity index (χ0v) is 13.8. The Morgan fingerprint density at radius 1 is 1.35 bits per heavy atom. The zero-order valence-electron chi connectivity index (χ0n) is 13.8. The summed E-state index contributed by atoms with van der Waals surface area (Å²) in [5, 5.41) is 20.3. The number of nitrogens with zero attached hydrogens (tertiary/aromatic N) is 1. The Kier molecular flexibility index (Phi) is 6.57. The van der Waals surface area contributed by atoms with Crippen LogP contribution in [0.1, 0.15) is 24.8 Å². The van der Waals surface area contributed by atoms with Crippen molar-refractivity contribution in [3.8, 4) is 0 Å². The van der Waals surface area contributed by atoms with Gasteiger partial charge in [0.15, 0.2) is 0 Å². The van der Waals surface area contributed by atoms with Crippen LogP contribution < -0.4 is 0 Å². The fourth-order valence-corrected chi connectivity index (χ4v) is 3.36.